The van der Waals surface area contributed by atoms with E-state index in [1.807, 2.05) is 7.11 Å². The van der Waals surface area contributed by atoms with Gasteiger partial charge in [-0.05, 0) is 61.0 Å². The Morgan fingerprint density at radius 2 is 1.46 bits per heavy atom. The molecule has 0 spiro atoms. The molecule has 0 N–H and O–H groups in total. The van der Waals surface area contributed by atoms with Crippen LogP contribution in [0.25, 0.3) is 0 Å². The van der Waals surface area contributed by atoms with E-state index in [1.54, 1.807) is 0 Å². The first-order valence-corrected chi connectivity index (χ1v) is 13.2. The van der Waals surface area contributed by atoms with Crippen molar-refractivity contribution in [3.63, 3.8) is 0 Å². The number of rotatable bonds is 8. The van der Waals surface area contributed by atoms with E-state index >= 15 is 0 Å². The molecule has 3 unspecified atom stereocenters. The summed E-state index contributed by atoms with van der Waals surface area (Å²) in [5.74, 6) is 1.57. The van der Waals surface area contributed by atoms with Crippen molar-refractivity contribution in [2.24, 2.45) is 5.92 Å². The molecule has 0 saturated heterocycles. The third-order valence-corrected chi connectivity index (χ3v) is 6.52. The minimum absolute atomic E-state index is 0.458. The lowest BCUT2D eigenvalue weighted by atomic mass is 9.79. The minimum Gasteiger partial charge on any atom is -0.418 e. The maximum absolute atomic E-state index is 6.21. The fourth-order valence-electron chi connectivity index (χ4n) is 4.40. The van der Waals surface area contributed by atoms with E-state index in [-0.39, 0.29) is 0 Å². The summed E-state index contributed by atoms with van der Waals surface area (Å²) in [6.07, 6.45) is 2.18. The quantitative estimate of drug-likeness (QED) is 0.547. The molecule has 2 aromatic carbocycles. The van der Waals surface area contributed by atoms with Crippen molar-refractivity contribution in [3.8, 4) is 0 Å². The summed E-state index contributed by atoms with van der Waals surface area (Å²) < 4.78 is 11.7. The highest BCUT2D eigenvalue weighted by atomic mass is 28.4. The van der Waals surface area contributed by atoms with Crippen LogP contribution in [-0.4, -0.2) is 28.6 Å². The fraction of sp³-hybridized carbons (Fsp3) is 0.478. The molecule has 3 rings (SSSR count). The molecule has 0 aliphatic heterocycles. The summed E-state index contributed by atoms with van der Waals surface area (Å²) >= 11 is 0. The van der Waals surface area contributed by atoms with Crippen LogP contribution < -0.4 is 0 Å². The first-order chi connectivity index (χ1) is 12.5. The Balaban J connectivity index is 1.91. The van der Waals surface area contributed by atoms with Crippen LogP contribution in [0.4, 0.5) is 0 Å². The van der Waals surface area contributed by atoms with Gasteiger partial charge in [0.1, 0.15) is 0 Å². The van der Waals surface area contributed by atoms with Gasteiger partial charge in [0.15, 0.2) is 8.32 Å². The highest BCUT2D eigenvalue weighted by Gasteiger charge is 2.40. The second kappa shape index (κ2) is 8.51. The lowest BCUT2D eigenvalue weighted by molar-refractivity contribution is 0.164. The molecule has 2 aromatic rings. The van der Waals surface area contributed by atoms with E-state index in [0.717, 1.165) is 26.1 Å². The standard InChI is InChI=1S/C23H32O2Si/c1-24-16-14-22-20(15-17-25-26(2,3)4)19-12-8-9-13-21(19)23(22)18-10-6-5-7-11-18/h5-13,20,22-23H,14-17H2,1-4H3. The predicted molar refractivity (Wildman–Crippen MR) is 111 cm³/mol. The van der Waals surface area contributed by atoms with Gasteiger partial charge in [-0.15, -0.1) is 0 Å². The number of ether oxygens (including phenoxy) is 1. The first-order valence-electron chi connectivity index (χ1n) is 9.78. The zero-order valence-electron chi connectivity index (χ0n) is 16.6. The molecule has 0 bridgehead atoms. The Hall–Kier alpha value is -1.42. The van der Waals surface area contributed by atoms with Crippen LogP contribution in [-0.2, 0) is 9.16 Å². The van der Waals surface area contributed by atoms with Crippen LogP contribution in [0.1, 0.15) is 41.4 Å². The van der Waals surface area contributed by atoms with Crippen molar-refractivity contribution < 1.29 is 9.16 Å². The van der Waals surface area contributed by atoms with Crippen LogP contribution >= 0.6 is 0 Å². The largest absolute Gasteiger partial charge is 0.418 e. The molecule has 0 saturated carbocycles. The van der Waals surface area contributed by atoms with Crippen molar-refractivity contribution >= 4 is 8.32 Å². The summed E-state index contributed by atoms with van der Waals surface area (Å²) in [6, 6.07) is 20.0. The molecule has 0 heterocycles. The molecular formula is C23H32O2Si. The number of hydrogen-bond acceptors (Lipinski definition) is 2. The van der Waals surface area contributed by atoms with Crippen LogP contribution in [0.5, 0.6) is 0 Å². The van der Waals surface area contributed by atoms with Crippen molar-refractivity contribution in [2.45, 2.75) is 44.3 Å². The Kier molecular flexibility index (Phi) is 6.33. The third-order valence-electron chi connectivity index (χ3n) is 5.45. The van der Waals surface area contributed by atoms with Crippen LogP contribution in [0, 0.1) is 5.92 Å². The zero-order chi connectivity index (χ0) is 18.6. The average molecular weight is 369 g/mol. The summed E-state index contributed by atoms with van der Waals surface area (Å²) in [6.45, 7) is 8.48. The second-order valence-electron chi connectivity index (χ2n) is 8.32. The van der Waals surface area contributed by atoms with Gasteiger partial charge in [0.25, 0.3) is 0 Å². The SMILES string of the molecule is COCCC1C(CCO[Si](C)(C)C)c2ccccc2C1c1ccccc1. The predicted octanol–water partition coefficient (Wildman–Crippen LogP) is 5.81. The maximum atomic E-state index is 6.21. The first kappa shape index (κ1) is 19.3. The van der Waals surface area contributed by atoms with E-state index in [9.17, 15) is 0 Å². The van der Waals surface area contributed by atoms with Gasteiger partial charge in [-0.2, -0.15) is 0 Å². The molecule has 0 amide bonds. The number of hydrogen-bond donors (Lipinski definition) is 0. The second-order valence-corrected chi connectivity index (χ2v) is 12.8. The van der Waals surface area contributed by atoms with Crippen molar-refractivity contribution in [1.82, 2.24) is 0 Å². The van der Waals surface area contributed by atoms with E-state index in [4.69, 9.17) is 9.16 Å². The summed E-state index contributed by atoms with van der Waals surface area (Å²) in [4.78, 5) is 0. The van der Waals surface area contributed by atoms with Gasteiger partial charge < -0.3 is 9.16 Å². The average Bonchev–Trinajstić information content (AvgIpc) is 2.93. The molecule has 3 heteroatoms. The highest BCUT2D eigenvalue weighted by molar-refractivity contribution is 6.69. The minimum atomic E-state index is -1.47. The lowest BCUT2D eigenvalue weighted by Crippen LogP contribution is -2.27. The summed E-state index contributed by atoms with van der Waals surface area (Å²) in [5.41, 5.74) is 4.44. The summed E-state index contributed by atoms with van der Waals surface area (Å²) in [5, 5.41) is 0. The van der Waals surface area contributed by atoms with Gasteiger partial charge in [-0.25, -0.2) is 0 Å². The van der Waals surface area contributed by atoms with Crippen LogP contribution in [0.2, 0.25) is 19.6 Å². The Bertz CT molecular complexity index is 693. The monoisotopic (exact) mass is 368 g/mol. The molecule has 1 aliphatic carbocycles. The number of methoxy groups -OCH3 is 1. The molecule has 0 aromatic heterocycles. The Labute approximate surface area is 159 Å². The maximum Gasteiger partial charge on any atom is 0.183 e. The third kappa shape index (κ3) is 4.45. The van der Waals surface area contributed by atoms with Crippen molar-refractivity contribution in [2.75, 3.05) is 20.3 Å². The molecule has 2 nitrogen and oxygen atoms in total. The molecule has 0 radical (unpaired) electrons. The van der Waals surface area contributed by atoms with Gasteiger partial charge in [-0.1, -0.05) is 54.6 Å². The zero-order valence-corrected chi connectivity index (χ0v) is 17.6. The van der Waals surface area contributed by atoms with E-state index in [1.165, 1.54) is 16.7 Å². The molecule has 3 atom stereocenters. The molecule has 140 valence electrons. The van der Waals surface area contributed by atoms with Crippen molar-refractivity contribution in [1.29, 1.82) is 0 Å². The van der Waals surface area contributed by atoms with Crippen LogP contribution in [0.3, 0.4) is 0 Å². The van der Waals surface area contributed by atoms with Gasteiger partial charge in [0, 0.05) is 26.2 Å². The lowest BCUT2D eigenvalue weighted by Gasteiger charge is -2.27. The Morgan fingerprint density at radius 1 is 0.808 bits per heavy atom. The number of fused-ring (bicyclic) bond motifs is 1. The topological polar surface area (TPSA) is 18.5 Å². The van der Waals surface area contributed by atoms with Gasteiger partial charge in [0.05, 0.1) is 0 Å². The smallest absolute Gasteiger partial charge is 0.183 e. The fourth-order valence-corrected chi connectivity index (χ4v) is 5.13. The molecule has 26 heavy (non-hydrogen) atoms. The highest BCUT2D eigenvalue weighted by Crippen LogP contribution is 2.52. The molecular weight excluding hydrogens is 336 g/mol. The summed E-state index contributed by atoms with van der Waals surface area (Å²) in [7, 11) is 0.335. The number of benzene rings is 2. The van der Waals surface area contributed by atoms with E-state index in [0.29, 0.717) is 17.8 Å². The van der Waals surface area contributed by atoms with Crippen LogP contribution in [0.15, 0.2) is 54.6 Å². The van der Waals surface area contributed by atoms with E-state index < -0.39 is 8.32 Å². The Morgan fingerprint density at radius 3 is 2.12 bits per heavy atom. The molecule has 0 fully saturated rings. The van der Waals surface area contributed by atoms with Gasteiger partial charge >= 0.3 is 0 Å². The van der Waals surface area contributed by atoms with Crippen molar-refractivity contribution in [3.05, 3.63) is 71.3 Å². The van der Waals surface area contributed by atoms with Gasteiger partial charge in [-0.3, -0.25) is 0 Å². The normalized spacial score (nSPS) is 22.4. The molecule has 1 aliphatic rings. The van der Waals surface area contributed by atoms with Gasteiger partial charge in [0.2, 0.25) is 0 Å². The van der Waals surface area contributed by atoms with E-state index in [2.05, 4.69) is 74.2 Å².